The molecule has 1 heterocycles. The molecule has 0 N–H and O–H groups in total. The predicted molar refractivity (Wildman–Crippen MR) is 80.0 cm³/mol. The zero-order valence-corrected chi connectivity index (χ0v) is 12.7. The molecule has 0 saturated carbocycles. The topological polar surface area (TPSA) is 77.4 Å². The van der Waals surface area contributed by atoms with Crippen LogP contribution in [0.4, 0.5) is 5.69 Å². The van der Waals surface area contributed by atoms with Gasteiger partial charge in [0.25, 0.3) is 0 Å². The first kappa shape index (κ1) is 15.8. The number of hydrazone groups is 1. The van der Waals surface area contributed by atoms with Gasteiger partial charge in [-0.15, -0.1) is 0 Å². The Labute approximate surface area is 128 Å². The first-order chi connectivity index (χ1) is 10.6. The minimum atomic E-state index is -0.678. The number of nitrogens with zero attached hydrogens (tertiary/aromatic N) is 2. The molecular formula is C15H18N2O5. The largest absolute Gasteiger partial charge is 0.497 e. The van der Waals surface area contributed by atoms with Gasteiger partial charge in [0.05, 0.1) is 26.5 Å². The van der Waals surface area contributed by atoms with Gasteiger partial charge < -0.3 is 14.2 Å². The Morgan fingerprint density at radius 2 is 1.95 bits per heavy atom. The predicted octanol–water partition coefficient (Wildman–Crippen LogP) is 1.37. The van der Waals surface area contributed by atoms with Gasteiger partial charge in [0, 0.05) is 6.42 Å². The number of rotatable bonds is 5. The molecule has 7 heteroatoms. The van der Waals surface area contributed by atoms with Crippen LogP contribution < -0.4 is 9.75 Å². The van der Waals surface area contributed by atoms with E-state index in [0.29, 0.717) is 11.4 Å². The molecule has 118 valence electrons. The average molecular weight is 306 g/mol. The van der Waals surface area contributed by atoms with Crippen molar-refractivity contribution in [3.63, 3.8) is 0 Å². The van der Waals surface area contributed by atoms with E-state index in [9.17, 15) is 9.59 Å². The summed E-state index contributed by atoms with van der Waals surface area (Å²) in [5.74, 6) is -0.293. The molecule has 7 nitrogen and oxygen atoms in total. The maximum absolute atomic E-state index is 12.1. The summed E-state index contributed by atoms with van der Waals surface area (Å²) < 4.78 is 14.8. The molecule has 1 aromatic rings. The number of hydrogen-bond donors (Lipinski definition) is 0. The Hall–Kier alpha value is -2.57. The van der Waals surface area contributed by atoms with Gasteiger partial charge >= 0.3 is 11.9 Å². The van der Waals surface area contributed by atoms with E-state index in [1.807, 2.05) is 0 Å². The minimum Gasteiger partial charge on any atom is -0.497 e. The molecule has 22 heavy (non-hydrogen) atoms. The highest BCUT2D eigenvalue weighted by atomic mass is 16.5. The van der Waals surface area contributed by atoms with E-state index in [1.54, 1.807) is 38.3 Å². The van der Waals surface area contributed by atoms with Gasteiger partial charge in [0.15, 0.2) is 6.04 Å². The normalized spacial score (nSPS) is 17.0. The van der Waals surface area contributed by atoms with Crippen molar-refractivity contribution < 1.29 is 23.8 Å². The molecule has 0 unspecified atom stereocenters. The molecule has 0 aliphatic carbocycles. The molecule has 0 bridgehead atoms. The fraction of sp³-hybridized carbons (Fsp3) is 0.400. The first-order valence-corrected chi connectivity index (χ1v) is 6.86. The molecule has 1 aromatic carbocycles. The lowest BCUT2D eigenvalue weighted by atomic mass is 10.1. The molecule has 0 saturated heterocycles. The summed E-state index contributed by atoms with van der Waals surface area (Å²) in [6.45, 7) is 1.99. The van der Waals surface area contributed by atoms with Gasteiger partial charge in [-0.05, 0) is 31.2 Å². The molecule has 0 amide bonds. The zero-order chi connectivity index (χ0) is 16.1. The highest BCUT2D eigenvalue weighted by molar-refractivity contribution is 6.38. The van der Waals surface area contributed by atoms with E-state index < -0.39 is 18.0 Å². The highest BCUT2D eigenvalue weighted by Gasteiger charge is 2.37. The summed E-state index contributed by atoms with van der Waals surface area (Å²) in [6.07, 6.45) is 0.150. The van der Waals surface area contributed by atoms with Crippen LogP contribution in [0.5, 0.6) is 5.75 Å². The summed E-state index contributed by atoms with van der Waals surface area (Å²) in [7, 11) is 2.85. The Bertz CT molecular complexity index is 582. The van der Waals surface area contributed by atoms with Crippen LogP contribution in [-0.2, 0) is 19.1 Å². The Kier molecular flexibility index (Phi) is 4.98. The standard InChI is InChI=1S/C15H18N2O5/c1-4-22-15(19)13-9-12(14(18)21-3)16-17(13)10-5-7-11(20-2)8-6-10/h5-8,13H,4,9H2,1-3H3/t13-/m0/s1. The third-order valence-electron chi connectivity index (χ3n) is 3.23. The van der Waals surface area contributed by atoms with Gasteiger partial charge in [0.2, 0.25) is 0 Å². The SMILES string of the molecule is CCOC(=O)[C@@H]1CC(C(=O)OC)=NN1c1ccc(OC)cc1. The number of hydrogen-bond acceptors (Lipinski definition) is 7. The third-order valence-corrected chi connectivity index (χ3v) is 3.23. The molecule has 1 aliphatic rings. The van der Waals surface area contributed by atoms with E-state index in [2.05, 4.69) is 9.84 Å². The number of anilines is 1. The van der Waals surface area contributed by atoms with E-state index in [0.717, 1.165) is 0 Å². The summed E-state index contributed by atoms with van der Waals surface area (Å²) >= 11 is 0. The Morgan fingerprint density at radius 3 is 2.50 bits per heavy atom. The van der Waals surface area contributed by atoms with Crippen molar-refractivity contribution in [2.24, 2.45) is 5.10 Å². The zero-order valence-electron chi connectivity index (χ0n) is 12.7. The molecule has 1 atom stereocenters. The number of benzene rings is 1. The van der Waals surface area contributed by atoms with Gasteiger partial charge in [0.1, 0.15) is 11.5 Å². The van der Waals surface area contributed by atoms with Crippen molar-refractivity contribution in [2.75, 3.05) is 25.8 Å². The summed E-state index contributed by atoms with van der Waals surface area (Å²) in [4.78, 5) is 23.8. The number of methoxy groups -OCH3 is 2. The summed E-state index contributed by atoms with van der Waals surface area (Å²) in [6, 6.07) is 6.35. The quantitative estimate of drug-likeness (QED) is 0.765. The van der Waals surface area contributed by atoms with Crippen LogP contribution in [0.1, 0.15) is 13.3 Å². The maximum Gasteiger partial charge on any atom is 0.354 e. The van der Waals surface area contributed by atoms with Crippen LogP contribution in [0.15, 0.2) is 29.4 Å². The minimum absolute atomic E-state index is 0.150. The van der Waals surface area contributed by atoms with Gasteiger partial charge in [-0.25, -0.2) is 9.59 Å². The van der Waals surface area contributed by atoms with Gasteiger partial charge in [-0.1, -0.05) is 0 Å². The van der Waals surface area contributed by atoms with Crippen molar-refractivity contribution in [1.29, 1.82) is 0 Å². The Balaban J connectivity index is 2.30. The fourth-order valence-corrected chi connectivity index (χ4v) is 2.15. The second kappa shape index (κ2) is 6.93. The lowest BCUT2D eigenvalue weighted by Gasteiger charge is -2.21. The van der Waals surface area contributed by atoms with Crippen molar-refractivity contribution in [1.82, 2.24) is 0 Å². The van der Waals surface area contributed by atoms with Crippen LogP contribution in [0.25, 0.3) is 0 Å². The lowest BCUT2D eigenvalue weighted by Crippen LogP contribution is -2.36. The first-order valence-electron chi connectivity index (χ1n) is 6.86. The Morgan fingerprint density at radius 1 is 1.27 bits per heavy atom. The van der Waals surface area contributed by atoms with Crippen LogP contribution in [0, 0.1) is 0 Å². The molecule has 0 spiro atoms. The molecule has 0 fully saturated rings. The van der Waals surface area contributed by atoms with Crippen LogP contribution >= 0.6 is 0 Å². The van der Waals surface area contributed by atoms with Crippen molar-refractivity contribution >= 4 is 23.3 Å². The van der Waals surface area contributed by atoms with Gasteiger partial charge in [-0.2, -0.15) is 5.10 Å². The number of esters is 2. The van der Waals surface area contributed by atoms with Crippen molar-refractivity contribution in [2.45, 2.75) is 19.4 Å². The van der Waals surface area contributed by atoms with Crippen molar-refractivity contribution in [3.8, 4) is 5.75 Å². The third kappa shape index (κ3) is 3.19. The highest BCUT2D eigenvalue weighted by Crippen LogP contribution is 2.27. The monoisotopic (exact) mass is 306 g/mol. The molecule has 0 aromatic heterocycles. The summed E-state index contributed by atoms with van der Waals surface area (Å²) in [5, 5.41) is 5.68. The number of carbonyl (C=O) groups is 2. The average Bonchev–Trinajstić information content (AvgIpc) is 2.99. The lowest BCUT2D eigenvalue weighted by molar-refractivity contribution is -0.144. The van der Waals surface area contributed by atoms with E-state index in [-0.39, 0.29) is 18.7 Å². The second-order valence-corrected chi connectivity index (χ2v) is 4.55. The number of ether oxygens (including phenoxy) is 3. The van der Waals surface area contributed by atoms with Crippen molar-refractivity contribution in [3.05, 3.63) is 24.3 Å². The second-order valence-electron chi connectivity index (χ2n) is 4.55. The molecule has 2 rings (SSSR count). The smallest absolute Gasteiger partial charge is 0.354 e. The van der Waals surface area contributed by atoms with Gasteiger partial charge in [-0.3, -0.25) is 5.01 Å². The van der Waals surface area contributed by atoms with E-state index in [1.165, 1.54) is 12.1 Å². The van der Waals surface area contributed by atoms with Crippen LogP contribution in [0.3, 0.4) is 0 Å². The maximum atomic E-state index is 12.1. The summed E-state index contributed by atoms with van der Waals surface area (Å²) in [5.41, 5.74) is 0.856. The molecule has 0 radical (unpaired) electrons. The fourth-order valence-electron chi connectivity index (χ4n) is 2.15. The molecular weight excluding hydrogens is 288 g/mol. The number of carbonyl (C=O) groups excluding carboxylic acids is 2. The molecule has 1 aliphatic heterocycles. The van der Waals surface area contributed by atoms with Crippen LogP contribution in [0.2, 0.25) is 0 Å². The van der Waals surface area contributed by atoms with Crippen LogP contribution in [-0.4, -0.2) is 44.5 Å². The van der Waals surface area contributed by atoms with E-state index in [4.69, 9.17) is 9.47 Å². The van der Waals surface area contributed by atoms with E-state index >= 15 is 0 Å².